The molecule has 0 aliphatic rings. The molecule has 2 aromatic rings. The second kappa shape index (κ2) is 4.86. The van der Waals surface area contributed by atoms with Crippen molar-refractivity contribution in [3.05, 3.63) is 59.7 Å². The molecule has 0 N–H and O–H groups in total. The second-order valence-corrected chi connectivity index (χ2v) is 5.91. The summed E-state index contributed by atoms with van der Waals surface area (Å²) in [5.74, 6) is -1.02. The van der Waals surface area contributed by atoms with Gasteiger partial charge in [-0.3, -0.25) is 4.98 Å². The molecule has 0 saturated heterocycles. The summed E-state index contributed by atoms with van der Waals surface area (Å²) in [5.41, 5.74) is 1.22. The van der Waals surface area contributed by atoms with Crippen molar-refractivity contribution in [1.82, 2.24) is 4.98 Å². The molecule has 1 aromatic carbocycles. The van der Waals surface area contributed by atoms with Crippen LogP contribution in [-0.4, -0.2) is 13.4 Å². The average molecular weight is 265 g/mol. The molecule has 5 heteroatoms. The summed E-state index contributed by atoms with van der Waals surface area (Å²) in [5, 5.41) is 0. The smallest absolute Gasteiger partial charge is 0.186 e. The lowest BCUT2D eigenvalue weighted by atomic mass is 10.2. The fourth-order valence-corrected chi connectivity index (χ4v) is 3.09. The molecule has 0 aliphatic carbocycles. The Morgan fingerprint density at radius 2 is 1.89 bits per heavy atom. The van der Waals surface area contributed by atoms with Crippen LogP contribution < -0.4 is 0 Å². The maximum atomic E-state index is 13.5. The Morgan fingerprint density at radius 3 is 2.56 bits per heavy atom. The van der Waals surface area contributed by atoms with E-state index in [2.05, 4.69) is 4.98 Å². The normalized spacial score (nSPS) is 11.4. The highest BCUT2D eigenvalue weighted by Gasteiger charge is 2.20. The molecule has 0 aliphatic heterocycles. The minimum Gasteiger partial charge on any atom is -0.260 e. The SMILES string of the molecule is Cc1cccnc1CS(=O)(=O)c1ccccc1F. The maximum Gasteiger partial charge on any atom is 0.186 e. The first kappa shape index (κ1) is 12.7. The lowest BCUT2D eigenvalue weighted by Gasteiger charge is -2.07. The molecule has 0 bridgehead atoms. The minimum atomic E-state index is -3.70. The van der Waals surface area contributed by atoms with E-state index in [0.29, 0.717) is 5.69 Å². The Morgan fingerprint density at radius 1 is 1.17 bits per heavy atom. The highest BCUT2D eigenvalue weighted by molar-refractivity contribution is 7.90. The number of pyridine rings is 1. The fraction of sp³-hybridized carbons (Fsp3) is 0.154. The Kier molecular flexibility index (Phi) is 3.43. The molecule has 94 valence electrons. The van der Waals surface area contributed by atoms with Crippen LogP contribution in [0.1, 0.15) is 11.3 Å². The van der Waals surface area contributed by atoms with Crippen LogP contribution in [0.5, 0.6) is 0 Å². The summed E-state index contributed by atoms with van der Waals surface area (Å²) in [6.07, 6.45) is 1.53. The zero-order valence-corrected chi connectivity index (χ0v) is 10.6. The average Bonchev–Trinajstić information content (AvgIpc) is 2.32. The molecule has 0 spiro atoms. The summed E-state index contributed by atoms with van der Waals surface area (Å²) < 4.78 is 37.7. The predicted octanol–water partition coefficient (Wildman–Crippen LogP) is 2.50. The minimum absolute atomic E-state index is 0.282. The van der Waals surface area contributed by atoms with E-state index in [1.54, 1.807) is 19.1 Å². The number of hydrogen-bond acceptors (Lipinski definition) is 3. The van der Waals surface area contributed by atoms with Crippen LogP contribution in [-0.2, 0) is 15.6 Å². The predicted molar refractivity (Wildman–Crippen MR) is 66.3 cm³/mol. The quantitative estimate of drug-likeness (QED) is 0.856. The molecule has 1 heterocycles. The van der Waals surface area contributed by atoms with Gasteiger partial charge in [-0.1, -0.05) is 18.2 Å². The molecule has 0 fully saturated rings. The number of benzene rings is 1. The summed E-state index contributed by atoms with van der Waals surface area (Å²) in [7, 11) is -3.70. The number of hydrogen-bond donors (Lipinski definition) is 0. The van der Waals surface area contributed by atoms with E-state index in [9.17, 15) is 12.8 Å². The molecular formula is C13H12FNO2S. The van der Waals surface area contributed by atoms with E-state index in [0.717, 1.165) is 11.6 Å². The summed E-state index contributed by atoms with van der Waals surface area (Å²) in [6.45, 7) is 1.78. The van der Waals surface area contributed by atoms with Gasteiger partial charge in [0.15, 0.2) is 9.84 Å². The van der Waals surface area contributed by atoms with E-state index in [4.69, 9.17) is 0 Å². The van der Waals surface area contributed by atoms with Gasteiger partial charge in [0.1, 0.15) is 10.7 Å². The number of halogens is 1. The van der Waals surface area contributed by atoms with Gasteiger partial charge >= 0.3 is 0 Å². The van der Waals surface area contributed by atoms with Crippen molar-refractivity contribution in [2.24, 2.45) is 0 Å². The third kappa shape index (κ3) is 2.56. The zero-order chi connectivity index (χ0) is 13.2. The van der Waals surface area contributed by atoms with E-state index in [1.165, 1.54) is 24.4 Å². The number of rotatable bonds is 3. The fourth-order valence-electron chi connectivity index (χ4n) is 1.62. The lowest BCUT2D eigenvalue weighted by Crippen LogP contribution is -2.09. The van der Waals surface area contributed by atoms with Crippen molar-refractivity contribution in [2.45, 2.75) is 17.6 Å². The molecule has 0 amide bonds. The number of nitrogens with zero attached hydrogens (tertiary/aromatic N) is 1. The first-order chi connectivity index (χ1) is 8.50. The van der Waals surface area contributed by atoms with Crippen LogP contribution >= 0.6 is 0 Å². The third-order valence-electron chi connectivity index (χ3n) is 2.62. The van der Waals surface area contributed by atoms with Gasteiger partial charge in [0, 0.05) is 6.20 Å². The number of aromatic nitrogens is 1. The Bertz CT molecular complexity index is 668. The number of sulfone groups is 1. The second-order valence-electron chi connectivity index (χ2n) is 3.96. The zero-order valence-electron chi connectivity index (χ0n) is 9.80. The molecule has 0 unspecified atom stereocenters. The largest absolute Gasteiger partial charge is 0.260 e. The summed E-state index contributed by atoms with van der Waals surface area (Å²) in [4.78, 5) is 3.73. The molecule has 1 aromatic heterocycles. The number of aryl methyl sites for hydroxylation is 1. The highest BCUT2D eigenvalue weighted by Crippen LogP contribution is 2.19. The summed E-state index contributed by atoms with van der Waals surface area (Å²) in [6, 6.07) is 8.87. The van der Waals surface area contributed by atoms with Crippen LogP contribution in [0.3, 0.4) is 0 Å². The van der Waals surface area contributed by atoms with Crippen LogP contribution in [0.2, 0.25) is 0 Å². The Hall–Kier alpha value is -1.75. The van der Waals surface area contributed by atoms with Gasteiger partial charge < -0.3 is 0 Å². The van der Waals surface area contributed by atoms with E-state index in [1.807, 2.05) is 0 Å². The van der Waals surface area contributed by atoms with E-state index >= 15 is 0 Å². The first-order valence-corrected chi connectivity index (χ1v) is 7.04. The van der Waals surface area contributed by atoms with Crippen LogP contribution in [0, 0.1) is 12.7 Å². The molecule has 0 radical (unpaired) electrons. The van der Waals surface area contributed by atoms with Gasteiger partial charge in [0.2, 0.25) is 0 Å². The van der Waals surface area contributed by atoms with Crippen molar-refractivity contribution in [3.63, 3.8) is 0 Å². The first-order valence-electron chi connectivity index (χ1n) is 5.38. The molecule has 2 rings (SSSR count). The monoisotopic (exact) mass is 265 g/mol. The van der Waals surface area contributed by atoms with E-state index in [-0.39, 0.29) is 10.6 Å². The van der Waals surface area contributed by atoms with Gasteiger partial charge in [0.05, 0.1) is 11.4 Å². The molecular weight excluding hydrogens is 253 g/mol. The van der Waals surface area contributed by atoms with Gasteiger partial charge in [-0.2, -0.15) is 0 Å². The van der Waals surface area contributed by atoms with Gasteiger partial charge in [-0.15, -0.1) is 0 Å². The van der Waals surface area contributed by atoms with Crippen molar-refractivity contribution >= 4 is 9.84 Å². The molecule has 18 heavy (non-hydrogen) atoms. The van der Waals surface area contributed by atoms with Crippen LogP contribution in [0.15, 0.2) is 47.5 Å². The van der Waals surface area contributed by atoms with Gasteiger partial charge in [0.25, 0.3) is 0 Å². The van der Waals surface area contributed by atoms with Gasteiger partial charge in [-0.25, -0.2) is 12.8 Å². The summed E-state index contributed by atoms with van der Waals surface area (Å²) >= 11 is 0. The van der Waals surface area contributed by atoms with Gasteiger partial charge in [-0.05, 0) is 30.7 Å². The van der Waals surface area contributed by atoms with Crippen molar-refractivity contribution in [1.29, 1.82) is 0 Å². The third-order valence-corrected chi connectivity index (χ3v) is 4.27. The standard InChI is InChI=1S/C13H12FNO2S/c1-10-5-4-8-15-12(10)9-18(16,17)13-7-3-2-6-11(13)14/h2-8H,9H2,1H3. The molecule has 0 saturated carbocycles. The molecule has 0 atom stereocenters. The lowest BCUT2D eigenvalue weighted by molar-refractivity contribution is 0.566. The Balaban J connectivity index is 2.40. The van der Waals surface area contributed by atoms with Crippen LogP contribution in [0.25, 0.3) is 0 Å². The van der Waals surface area contributed by atoms with Crippen molar-refractivity contribution in [3.8, 4) is 0 Å². The topological polar surface area (TPSA) is 47.0 Å². The van der Waals surface area contributed by atoms with E-state index < -0.39 is 15.7 Å². The van der Waals surface area contributed by atoms with Crippen molar-refractivity contribution in [2.75, 3.05) is 0 Å². The highest BCUT2D eigenvalue weighted by atomic mass is 32.2. The van der Waals surface area contributed by atoms with Crippen molar-refractivity contribution < 1.29 is 12.8 Å². The Labute approximate surface area is 105 Å². The molecule has 3 nitrogen and oxygen atoms in total. The van der Waals surface area contributed by atoms with Crippen LogP contribution in [0.4, 0.5) is 4.39 Å². The maximum absolute atomic E-state index is 13.5.